The highest BCUT2D eigenvalue weighted by Crippen LogP contribution is 2.33. The predicted molar refractivity (Wildman–Crippen MR) is 152 cm³/mol. The van der Waals surface area contributed by atoms with Crippen LogP contribution in [-0.2, 0) is 21.4 Å². The van der Waals surface area contributed by atoms with Crippen LogP contribution in [0.15, 0.2) is 23.0 Å². The van der Waals surface area contributed by atoms with Gasteiger partial charge < -0.3 is 15.0 Å². The molecule has 0 spiro atoms. The number of carbonyl (C=O) groups is 3. The van der Waals surface area contributed by atoms with Crippen molar-refractivity contribution in [3.63, 3.8) is 0 Å². The van der Waals surface area contributed by atoms with Gasteiger partial charge in [-0.15, -0.1) is 0 Å². The van der Waals surface area contributed by atoms with Gasteiger partial charge in [0.05, 0.1) is 11.0 Å². The molecule has 3 heterocycles. The van der Waals surface area contributed by atoms with Gasteiger partial charge in [0.25, 0.3) is 0 Å². The molecule has 0 radical (unpaired) electrons. The molecular weight excluding hydrogens is 510 g/mol. The number of amides is 3. The average molecular weight is 554 g/mol. The zero-order chi connectivity index (χ0) is 28.6. The van der Waals surface area contributed by atoms with Crippen molar-refractivity contribution in [1.82, 2.24) is 24.7 Å². The number of hydrogen-bond donors (Lipinski definition) is 2. The number of piperidine rings is 2. The number of nitrogens with one attached hydrogen (secondary N) is 2. The summed E-state index contributed by atoms with van der Waals surface area (Å²) in [5.74, 6) is 0.399. The van der Waals surface area contributed by atoms with E-state index in [1.165, 1.54) is 5.56 Å². The monoisotopic (exact) mass is 553 g/mol. The van der Waals surface area contributed by atoms with Gasteiger partial charge in [-0.25, -0.2) is 9.59 Å². The first-order valence-electron chi connectivity index (χ1n) is 14.7. The normalized spacial score (nSPS) is 25.1. The molecule has 1 atom stereocenters. The highest BCUT2D eigenvalue weighted by atomic mass is 16.6. The molecule has 3 fully saturated rings. The second-order valence-electron chi connectivity index (χ2n) is 12.9. The number of benzene rings is 1. The molecule has 10 nitrogen and oxygen atoms in total. The number of carbonyl (C=O) groups excluding carboxylic acids is 3. The number of alkyl carbamates (subject to hydrolysis) is 1. The van der Waals surface area contributed by atoms with Gasteiger partial charge in [-0.2, -0.15) is 0 Å². The van der Waals surface area contributed by atoms with E-state index in [1.54, 1.807) is 16.2 Å². The summed E-state index contributed by atoms with van der Waals surface area (Å²) < 4.78 is 8.56. The molecule has 2 aromatic rings. The maximum absolute atomic E-state index is 13.1. The van der Waals surface area contributed by atoms with Gasteiger partial charge in [0.1, 0.15) is 11.6 Å². The van der Waals surface area contributed by atoms with Gasteiger partial charge in [-0.1, -0.05) is 6.07 Å². The Morgan fingerprint density at radius 3 is 2.35 bits per heavy atom. The zero-order valence-corrected chi connectivity index (χ0v) is 24.2. The Morgan fingerprint density at radius 1 is 1.00 bits per heavy atom. The van der Waals surface area contributed by atoms with Crippen LogP contribution in [0.3, 0.4) is 0 Å². The number of imidazole rings is 1. The van der Waals surface area contributed by atoms with E-state index in [0.29, 0.717) is 18.3 Å². The van der Waals surface area contributed by atoms with Gasteiger partial charge >= 0.3 is 11.8 Å². The summed E-state index contributed by atoms with van der Waals surface area (Å²) in [5.41, 5.74) is 2.09. The Hall–Kier alpha value is -3.14. The van der Waals surface area contributed by atoms with Crippen LogP contribution in [0, 0.1) is 5.92 Å². The maximum atomic E-state index is 13.1. The first-order valence-corrected chi connectivity index (χ1v) is 14.7. The summed E-state index contributed by atoms with van der Waals surface area (Å²) >= 11 is 0. The molecule has 2 saturated heterocycles. The Balaban J connectivity index is 1.14. The van der Waals surface area contributed by atoms with Crippen molar-refractivity contribution in [3.05, 3.63) is 34.2 Å². The summed E-state index contributed by atoms with van der Waals surface area (Å²) in [6, 6.07) is 5.71. The van der Waals surface area contributed by atoms with Crippen LogP contribution in [0.25, 0.3) is 11.0 Å². The topological polar surface area (TPSA) is 115 Å². The molecule has 10 heteroatoms. The highest BCUT2D eigenvalue weighted by molar-refractivity contribution is 6.00. The Labute approximate surface area is 235 Å². The van der Waals surface area contributed by atoms with Crippen molar-refractivity contribution in [2.24, 2.45) is 13.0 Å². The average Bonchev–Trinajstić information content (AvgIpc) is 3.14. The van der Waals surface area contributed by atoms with E-state index in [2.05, 4.69) is 27.7 Å². The number of aryl methyl sites for hydroxylation is 1. The lowest BCUT2D eigenvalue weighted by atomic mass is 9.84. The van der Waals surface area contributed by atoms with Crippen LogP contribution < -0.4 is 16.3 Å². The Bertz CT molecular complexity index is 1320. The number of likely N-dealkylation sites (tertiary alicyclic amines) is 1. The van der Waals surface area contributed by atoms with Crippen molar-refractivity contribution in [1.29, 1.82) is 0 Å². The number of rotatable bonds is 5. The molecular formula is C30H43N5O5. The molecule has 2 N–H and O–H groups in total. The molecule has 1 aromatic carbocycles. The fourth-order valence-electron chi connectivity index (χ4n) is 6.64. The van der Waals surface area contributed by atoms with Crippen LogP contribution in [0.4, 0.5) is 4.79 Å². The van der Waals surface area contributed by atoms with Gasteiger partial charge in [0, 0.05) is 26.1 Å². The van der Waals surface area contributed by atoms with E-state index in [4.69, 9.17) is 4.74 Å². The van der Waals surface area contributed by atoms with Crippen LogP contribution >= 0.6 is 0 Å². The van der Waals surface area contributed by atoms with E-state index in [-0.39, 0.29) is 30.2 Å². The minimum atomic E-state index is -0.661. The van der Waals surface area contributed by atoms with Crippen molar-refractivity contribution in [2.75, 3.05) is 19.6 Å². The number of nitrogens with zero attached hydrogens (tertiary/aromatic N) is 3. The lowest BCUT2D eigenvalue weighted by Crippen LogP contribution is -2.44. The molecule has 3 aliphatic rings. The van der Waals surface area contributed by atoms with E-state index in [9.17, 15) is 19.2 Å². The fourth-order valence-corrected chi connectivity index (χ4v) is 6.64. The molecule has 0 bridgehead atoms. The van der Waals surface area contributed by atoms with E-state index >= 15 is 0 Å². The van der Waals surface area contributed by atoms with E-state index in [0.717, 1.165) is 69.2 Å². The third-order valence-corrected chi connectivity index (χ3v) is 8.78. The molecule has 1 unspecified atom stereocenters. The number of imide groups is 1. The summed E-state index contributed by atoms with van der Waals surface area (Å²) in [6.45, 7) is 8.86. The number of aromatic nitrogens is 2. The third kappa shape index (κ3) is 6.27. The van der Waals surface area contributed by atoms with Crippen LogP contribution in [0.2, 0.25) is 0 Å². The van der Waals surface area contributed by atoms with Crippen molar-refractivity contribution in [3.8, 4) is 0 Å². The minimum Gasteiger partial charge on any atom is -0.444 e. The van der Waals surface area contributed by atoms with Crippen LogP contribution in [0.5, 0.6) is 0 Å². The molecule has 1 aliphatic carbocycles. The second kappa shape index (κ2) is 11.4. The SMILES string of the molecule is Cn1c(=O)n(C2CCC(=O)NC2=O)c2ccc(C3CCN(CC4CCC(NC(=O)OC(C)(C)C)CC4)CC3)cc21. The number of fused-ring (bicyclic) bond motifs is 1. The molecule has 218 valence electrons. The standard InChI is InChI=1S/C30H43N5O5/c1-30(2,3)40-28(38)31-22-8-5-19(6-9-22)18-34-15-13-20(14-16-34)21-7-10-23-25(17-21)33(4)29(39)35(23)24-11-12-26(36)32-27(24)37/h7,10,17,19-20,22,24H,5-6,8-9,11-16,18H2,1-4H3,(H,31,38)(H,32,36,37). The van der Waals surface area contributed by atoms with Crippen molar-refractivity contribution in [2.45, 2.75) is 95.7 Å². The first kappa shape index (κ1) is 28.4. The Kier molecular flexibility index (Phi) is 8.08. The first-order chi connectivity index (χ1) is 19.0. The lowest BCUT2D eigenvalue weighted by Gasteiger charge is -2.37. The smallest absolute Gasteiger partial charge is 0.407 e. The summed E-state index contributed by atoms with van der Waals surface area (Å²) in [6.07, 6.45) is 6.64. The largest absolute Gasteiger partial charge is 0.444 e. The molecule has 3 amide bonds. The van der Waals surface area contributed by atoms with Gasteiger partial charge in [0.15, 0.2) is 0 Å². The van der Waals surface area contributed by atoms with Gasteiger partial charge in [0.2, 0.25) is 11.8 Å². The van der Waals surface area contributed by atoms with Gasteiger partial charge in [-0.05, 0) is 108 Å². The summed E-state index contributed by atoms with van der Waals surface area (Å²) in [7, 11) is 1.75. The van der Waals surface area contributed by atoms with Gasteiger partial charge in [-0.3, -0.25) is 24.0 Å². The van der Waals surface area contributed by atoms with Crippen LogP contribution in [-0.4, -0.2) is 63.2 Å². The molecule has 2 aliphatic heterocycles. The molecule has 40 heavy (non-hydrogen) atoms. The van der Waals surface area contributed by atoms with Crippen molar-refractivity contribution >= 4 is 28.9 Å². The van der Waals surface area contributed by atoms with Crippen LogP contribution in [0.1, 0.15) is 89.7 Å². The summed E-state index contributed by atoms with van der Waals surface area (Å²) in [5, 5.41) is 5.41. The lowest BCUT2D eigenvalue weighted by molar-refractivity contribution is -0.135. The third-order valence-electron chi connectivity index (χ3n) is 8.78. The highest BCUT2D eigenvalue weighted by Gasteiger charge is 2.32. The number of ether oxygens (including phenoxy) is 1. The fraction of sp³-hybridized carbons (Fsp3) is 0.667. The minimum absolute atomic E-state index is 0.201. The predicted octanol–water partition coefficient (Wildman–Crippen LogP) is 3.58. The zero-order valence-electron chi connectivity index (χ0n) is 24.2. The number of hydrogen-bond acceptors (Lipinski definition) is 6. The maximum Gasteiger partial charge on any atom is 0.407 e. The quantitative estimate of drug-likeness (QED) is 0.547. The second-order valence-corrected chi connectivity index (χ2v) is 12.9. The Morgan fingerprint density at radius 2 is 1.70 bits per heavy atom. The van der Waals surface area contributed by atoms with E-state index in [1.807, 2.05) is 26.8 Å². The molecule has 1 aromatic heterocycles. The molecule has 5 rings (SSSR count). The summed E-state index contributed by atoms with van der Waals surface area (Å²) in [4.78, 5) is 51.8. The van der Waals surface area contributed by atoms with E-state index < -0.39 is 17.6 Å². The molecule has 1 saturated carbocycles. The van der Waals surface area contributed by atoms with Crippen molar-refractivity contribution < 1.29 is 19.1 Å².